The zero-order valence-electron chi connectivity index (χ0n) is 11.4. The van der Waals surface area contributed by atoms with E-state index in [1.807, 2.05) is 0 Å². The van der Waals surface area contributed by atoms with Gasteiger partial charge in [-0.1, -0.05) is 24.6 Å². The minimum atomic E-state index is -4.45. The van der Waals surface area contributed by atoms with Crippen LogP contribution in [-0.2, 0) is 12.7 Å². The molecule has 1 N–H and O–H groups in total. The highest BCUT2D eigenvalue weighted by Gasteiger charge is 2.33. The fraction of sp³-hybridized carbons (Fsp3) is 0.357. The van der Waals surface area contributed by atoms with E-state index < -0.39 is 11.9 Å². The Balaban J connectivity index is 2.18. The lowest BCUT2D eigenvalue weighted by molar-refractivity contribution is -0.141. The zero-order chi connectivity index (χ0) is 15.5. The van der Waals surface area contributed by atoms with Gasteiger partial charge in [0.1, 0.15) is 0 Å². The molecule has 0 radical (unpaired) electrons. The lowest BCUT2D eigenvalue weighted by Gasteiger charge is -2.08. The van der Waals surface area contributed by atoms with Gasteiger partial charge >= 0.3 is 6.18 Å². The molecule has 21 heavy (non-hydrogen) atoms. The van der Waals surface area contributed by atoms with Crippen molar-refractivity contribution in [1.29, 1.82) is 0 Å². The molecule has 2 rings (SSSR count). The van der Waals surface area contributed by atoms with E-state index in [2.05, 4.69) is 17.3 Å². The van der Waals surface area contributed by atoms with Crippen LogP contribution in [0.5, 0.6) is 0 Å². The van der Waals surface area contributed by atoms with Crippen LogP contribution in [0.25, 0.3) is 5.69 Å². The summed E-state index contributed by atoms with van der Waals surface area (Å²) in [4.78, 5) is 0. The third kappa shape index (κ3) is 3.98. The highest BCUT2D eigenvalue weighted by atomic mass is 35.5. The van der Waals surface area contributed by atoms with Crippen molar-refractivity contribution in [2.24, 2.45) is 0 Å². The number of nitrogens with zero attached hydrogens (tertiary/aromatic N) is 2. The Morgan fingerprint density at radius 2 is 2.05 bits per heavy atom. The Kier molecular flexibility index (Phi) is 4.90. The number of hydrogen-bond donors (Lipinski definition) is 1. The van der Waals surface area contributed by atoms with Crippen LogP contribution in [0.1, 0.15) is 24.6 Å². The number of hydrogen-bond acceptors (Lipinski definition) is 2. The summed E-state index contributed by atoms with van der Waals surface area (Å²) in [6.07, 6.45) is -2.16. The molecule has 1 heterocycles. The minimum absolute atomic E-state index is 0.495. The van der Waals surface area contributed by atoms with Crippen molar-refractivity contribution in [2.75, 3.05) is 6.54 Å². The van der Waals surface area contributed by atoms with Gasteiger partial charge in [-0.05, 0) is 36.7 Å². The average molecular weight is 318 g/mol. The first-order chi connectivity index (χ1) is 9.91. The van der Waals surface area contributed by atoms with Crippen LogP contribution in [0.15, 0.2) is 30.5 Å². The fourth-order valence-electron chi connectivity index (χ4n) is 1.84. The van der Waals surface area contributed by atoms with E-state index in [1.165, 1.54) is 6.20 Å². The second-order valence-corrected chi connectivity index (χ2v) is 5.00. The van der Waals surface area contributed by atoms with Gasteiger partial charge in [-0.15, -0.1) is 0 Å². The predicted molar refractivity (Wildman–Crippen MR) is 75.6 cm³/mol. The van der Waals surface area contributed by atoms with Crippen molar-refractivity contribution in [3.63, 3.8) is 0 Å². The van der Waals surface area contributed by atoms with Crippen LogP contribution in [0.4, 0.5) is 13.2 Å². The van der Waals surface area contributed by atoms with Crippen molar-refractivity contribution < 1.29 is 13.2 Å². The van der Waals surface area contributed by atoms with Crippen LogP contribution >= 0.6 is 11.6 Å². The molecule has 0 aliphatic rings. The van der Waals surface area contributed by atoms with Crippen molar-refractivity contribution in [3.8, 4) is 5.69 Å². The van der Waals surface area contributed by atoms with Crippen LogP contribution < -0.4 is 5.32 Å². The number of aromatic nitrogens is 2. The van der Waals surface area contributed by atoms with E-state index in [0.29, 0.717) is 17.3 Å². The van der Waals surface area contributed by atoms with Gasteiger partial charge in [-0.25, -0.2) is 4.68 Å². The predicted octanol–water partition coefficient (Wildman–Crippen LogP) is 4.04. The summed E-state index contributed by atoms with van der Waals surface area (Å²) in [5.41, 5.74) is 0.471. The van der Waals surface area contributed by atoms with Crippen molar-refractivity contribution in [1.82, 2.24) is 15.1 Å². The molecule has 0 atom stereocenters. The largest absolute Gasteiger partial charge is 0.435 e. The molecule has 0 fully saturated rings. The third-order valence-electron chi connectivity index (χ3n) is 2.92. The summed E-state index contributed by atoms with van der Waals surface area (Å²) >= 11 is 6.15. The van der Waals surface area contributed by atoms with Crippen LogP contribution in [0, 0.1) is 0 Å². The van der Waals surface area contributed by atoms with Crippen LogP contribution in [0.2, 0.25) is 5.02 Å². The molecule has 0 aliphatic heterocycles. The van der Waals surface area contributed by atoms with E-state index >= 15 is 0 Å². The zero-order valence-corrected chi connectivity index (χ0v) is 12.2. The van der Waals surface area contributed by atoms with Crippen LogP contribution in [-0.4, -0.2) is 16.3 Å². The Bertz CT molecular complexity index is 608. The van der Waals surface area contributed by atoms with Gasteiger partial charge in [0.15, 0.2) is 5.69 Å². The van der Waals surface area contributed by atoms with Gasteiger partial charge in [-0.3, -0.25) is 0 Å². The average Bonchev–Trinajstić information content (AvgIpc) is 2.90. The highest BCUT2D eigenvalue weighted by molar-refractivity contribution is 6.31. The van der Waals surface area contributed by atoms with Gasteiger partial charge in [0, 0.05) is 17.8 Å². The van der Waals surface area contributed by atoms with E-state index in [9.17, 15) is 13.2 Å². The van der Waals surface area contributed by atoms with Crippen molar-refractivity contribution in [2.45, 2.75) is 26.1 Å². The maximum atomic E-state index is 12.5. The monoisotopic (exact) mass is 317 g/mol. The Hall–Kier alpha value is -1.53. The van der Waals surface area contributed by atoms with E-state index in [0.717, 1.165) is 29.3 Å². The molecule has 0 unspecified atom stereocenters. The molecular formula is C14H15ClF3N3. The summed E-state index contributed by atoms with van der Waals surface area (Å²) in [6, 6.07) is 6.03. The second-order valence-electron chi connectivity index (χ2n) is 4.60. The van der Waals surface area contributed by atoms with E-state index in [-0.39, 0.29) is 0 Å². The Labute approximate surface area is 125 Å². The summed E-state index contributed by atoms with van der Waals surface area (Å²) in [7, 11) is 0. The smallest absolute Gasteiger partial charge is 0.313 e. The summed E-state index contributed by atoms with van der Waals surface area (Å²) in [5.74, 6) is 0. The molecular weight excluding hydrogens is 303 g/mol. The molecule has 3 nitrogen and oxygen atoms in total. The number of alkyl halides is 3. The summed E-state index contributed by atoms with van der Waals surface area (Å²) in [5, 5.41) is 7.24. The topological polar surface area (TPSA) is 29.9 Å². The second kappa shape index (κ2) is 6.49. The summed E-state index contributed by atoms with van der Waals surface area (Å²) in [6.45, 7) is 3.57. The molecule has 0 saturated carbocycles. The number of rotatable bonds is 5. The van der Waals surface area contributed by atoms with Gasteiger partial charge in [0.2, 0.25) is 0 Å². The first-order valence-corrected chi connectivity index (χ1v) is 6.92. The minimum Gasteiger partial charge on any atom is -0.313 e. The molecule has 7 heteroatoms. The molecule has 114 valence electrons. The number of nitrogens with one attached hydrogen (secondary N) is 1. The lowest BCUT2D eigenvalue weighted by atomic mass is 10.2. The molecule has 0 saturated heterocycles. The first-order valence-electron chi connectivity index (χ1n) is 6.54. The van der Waals surface area contributed by atoms with E-state index in [1.54, 1.807) is 18.2 Å². The molecule has 0 spiro atoms. The van der Waals surface area contributed by atoms with Gasteiger partial charge < -0.3 is 5.32 Å². The Morgan fingerprint density at radius 1 is 1.29 bits per heavy atom. The molecule has 0 aliphatic carbocycles. The van der Waals surface area contributed by atoms with Crippen molar-refractivity contribution in [3.05, 3.63) is 46.7 Å². The van der Waals surface area contributed by atoms with Gasteiger partial charge in [-0.2, -0.15) is 18.3 Å². The first kappa shape index (κ1) is 15.9. The molecule has 2 aromatic rings. The highest BCUT2D eigenvalue weighted by Crippen LogP contribution is 2.28. The number of benzene rings is 1. The SMILES string of the molecule is CCCNCc1ccc(-n2ccc(C(F)(F)F)n2)cc1Cl. The van der Waals surface area contributed by atoms with Gasteiger partial charge in [0.05, 0.1) is 5.69 Å². The molecule has 0 amide bonds. The van der Waals surface area contributed by atoms with Gasteiger partial charge in [0.25, 0.3) is 0 Å². The van der Waals surface area contributed by atoms with Crippen LogP contribution in [0.3, 0.4) is 0 Å². The molecule has 0 bridgehead atoms. The summed E-state index contributed by atoms with van der Waals surface area (Å²) < 4.78 is 38.7. The lowest BCUT2D eigenvalue weighted by Crippen LogP contribution is -2.14. The van der Waals surface area contributed by atoms with Crippen molar-refractivity contribution >= 4 is 11.6 Å². The fourth-order valence-corrected chi connectivity index (χ4v) is 2.08. The maximum Gasteiger partial charge on any atom is 0.435 e. The third-order valence-corrected chi connectivity index (χ3v) is 3.27. The normalized spacial score (nSPS) is 11.9. The standard InChI is InChI=1S/C14H15ClF3N3/c1-2-6-19-9-10-3-4-11(8-12(10)15)21-7-5-13(20-21)14(16,17)18/h3-5,7-8,19H,2,6,9H2,1H3. The maximum absolute atomic E-state index is 12.5. The quantitative estimate of drug-likeness (QED) is 0.843. The molecule has 1 aromatic carbocycles. The Morgan fingerprint density at radius 3 is 2.62 bits per heavy atom. The molecule has 1 aromatic heterocycles. The number of halogens is 4. The van der Waals surface area contributed by atoms with E-state index in [4.69, 9.17) is 11.6 Å².